The molecule has 0 aliphatic carbocycles. The van der Waals surface area contributed by atoms with Crippen molar-refractivity contribution in [3.63, 3.8) is 0 Å². The van der Waals surface area contributed by atoms with Crippen molar-refractivity contribution in [2.75, 3.05) is 5.73 Å². The Hall–Kier alpha value is -1.75. The fourth-order valence-corrected chi connectivity index (χ4v) is 1.88. The summed E-state index contributed by atoms with van der Waals surface area (Å²) in [5.74, 6) is 1.14. The van der Waals surface area contributed by atoms with Crippen LogP contribution in [0.1, 0.15) is 17.8 Å². The first-order chi connectivity index (χ1) is 8.24. The summed E-state index contributed by atoms with van der Waals surface area (Å²) in [7, 11) is 0. The van der Waals surface area contributed by atoms with Crippen molar-refractivity contribution in [1.29, 1.82) is 0 Å². The third-order valence-electron chi connectivity index (χ3n) is 2.44. The maximum absolute atomic E-state index is 5.57. The standard InChI is InChI=1S/C12H14N4S/c13-11-14-10(15-12(17)16-11)8-4-7-9-5-2-1-3-6-9/h1-3,5-6H,4,7-8H2,(H3,13,14,15,16,17). The van der Waals surface area contributed by atoms with Gasteiger partial charge >= 0.3 is 0 Å². The zero-order valence-corrected chi connectivity index (χ0v) is 10.2. The highest BCUT2D eigenvalue weighted by molar-refractivity contribution is 7.71. The molecule has 0 atom stereocenters. The Morgan fingerprint density at radius 3 is 2.59 bits per heavy atom. The first kappa shape index (κ1) is 11.7. The molecule has 1 aromatic carbocycles. The number of hydrogen-bond donors (Lipinski definition) is 2. The van der Waals surface area contributed by atoms with Gasteiger partial charge in [0.15, 0.2) is 0 Å². The third-order valence-corrected chi connectivity index (χ3v) is 2.62. The maximum Gasteiger partial charge on any atom is 0.224 e. The molecule has 0 bridgehead atoms. The summed E-state index contributed by atoms with van der Waals surface area (Å²) in [5, 5.41) is 0. The fraction of sp³-hybridized carbons (Fsp3) is 0.250. The molecule has 0 unspecified atom stereocenters. The lowest BCUT2D eigenvalue weighted by atomic mass is 10.1. The smallest absolute Gasteiger partial charge is 0.224 e. The summed E-state index contributed by atoms with van der Waals surface area (Å²) >= 11 is 4.91. The lowest BCUT2D eigenvalue weighted by Crippen LogP contribution is -2.03. The fourth-order valence-electron chi connectivity index (χ4n) is 1.67. The minimum Gasteiger partial charge on any atom is -0.369 e. The molecule has 0 saturated heterocycles. The second-order valence-corrected chi connectivity index (χ2v) is 4.17. The van der Waals surface area contributed by atoms with Gasteiger partial charge in [-0.25, -0.2) is 4.98 Å². The minimum absolute atomic E-state index is 0.302. The van der Waals surface area contributed by atoms with E-state index in [1.165, 1.54) is 5.56 Å². The number of nitrogens with two attached hydrogens (primary N) is 1. The first-order valence-electron chi connectivity index (χ1n) is 5.51. The topological polar surface area (TPSA) is 67.6 Å². The molecule has 0 saturated carbocycles. The Labute approximate surface area is 105 Å². The zero-order chi connectivity index (χ0) is 12.1. The molecular formula is C12H14N4S. The third kappa shape index (κ3) is 3.64. The van der Waals surface area contributed by atoms with Crippen LogP contribution in [-0.4, -0.2) is 15.0 Å². The van der Waals surface area contributed by atoms with E-state index >= 15 is 0 Å². The molecule has 3 N–H and O–H groups in total. The molecule has 1 aromatic heterocycles. The zero-order valence-electron chi connectivity index (χ0n) is 9.39. The second-order valence-electron chi connectivity index (χ2n) is 3.80. The second kappa shape index (κ2) is 5.54. The van der Waals surface area contributed by atoms with E-state index in [4.69, 9.17) is 18.0 Å². The van der Waals surface area contributed by atoms with Gasteiger partial charge in [0, 0.05) is 6.42 Å². The molecular weight excluding hydrogens is 232 g/mol. The number of H-pyrrole nitrogens is 1. The van der Waals surface area contributed by atoms with Crippen molar-refractivity contribution in [1.82, 2.24) is 15.0 Å². The number of nitrogen functional groups attached to an aromatic ring is 1. The molecule has 0 radical (unpaired) electrons. The first-order valence-corrected chi connectivity index (χ1v) is 5.91. The van der Waals surface area contributed by atoms with Crippen LogP contribution in [0.5, 0.6) is 0 Å². The quantitative estimate of drug-likeness (QED) is 0.812. The van der Waals surface area contributed by atoms with E-state index < -0.39 is 0 Å². The number of hydrogen-bond acceptors (Lipinski definition) is 4. The van der Waals surface area contributed by atoms with E-state index in [-0.39, 0.29) is 0 Å². The number of aryl methyl sites for hydroxylation is 2. The average Bonchev–Trinajstić information content (AvgIpc) is 2.29. The van der Waals surface area contributed by atoms with Gasteiger partial charge in [-0.15, -0.1) is 0 Å². The minimum atomic E-state index is 0.302. The van der Waals surface area contributed by atoms with Gasteiger partial charge < -0.3 is 10.7 Å². The van der Waals surface area contributed by atoms with E-state index in [2.05, 4.69) is 27.1 Å². The van der Waals surface area contributed by atoms with Crippen molar-refractivity contribution in [3.05, 3.63) is 46.5 Å². The summed E-state index contributed by atoms with van der Waals surface area (Å²) in [5.41, 5.74) is 6.90. The molecule has 1 heterocycles. The molecule has 2 aromatic rings. The predicted octanol–water partition coefficient (Wildman–Crippen LogP) is 2.29. The molecule has 5 heteroatoms. The molecule has 0 fully saturated rings. The van der Waals surface area contributed by atoms with E-state index in [1.54, 1.807) is 0 Å². The van der Waals surface area contributed by atoms with Crippen LogP contribution in [0.25, 0.3) is 0 Å². The largest absolute Gasteiger partial charge is 0.369 e. The summed E-state index contributed by atoms with van der Waals surface area (Å²) in [4.78, 5) is 10.9. The Morgan fingerprint density at radius 1 is 1.12 bits per heavy atom. The van der Waals surface area contributed by atoms with Crippen molar-refractivity contribution in [2.24, 2.45) is 0 Å². The Kier molecular flexibility index (Phi) is 3.82. The average molecular weight is 246 g/mol. The number of benzene rings is 1. The highest BCUT2D eigenvalue weighted by atomic mass is 32.1. The van der Waals surface area contributed by atoms with Crippen LogP contribution in [0.4, 0.5) is 5.95 Å². The highest BCUT2D eigenvalue weighted by Gasteiger charge is 1.99. The Morgan fingerprint density at radius 2 is 1.88 bits per heavy atom. The number of nitrogens with zero attached hydrogens (tertiary/aromatic N) is 2. The Bertz CT molecular complexity index is 536. The summed E-state index contributed by atoms with van der Waals surface area (Å²) in [6.07, 6.45) is 2.85. The summed E-state index contributed by atoms with van der Waals surface area (Å²) in [6, 6.07) is 10.4. The molecule has 4 nitrogen and oxygen atoms in total. The Balaban J connectivity index is 1.92. The summed E-state index contributed by atoms with van der Waals surface area (Å²) in [6.45, 7) is 0. The van der Waals surface area contributed by atoms with Gasteiger partial charge in [0.2, 0.25) is 10.7 Å². The number of aromatic nitrogens is 3. The van der Waals surface area contributed by atoms with Crippen LogP contribution in [0.2, 0.25) is 0 Å². The maximum atomic E-state index is 5.57. The van der Waals surface area contributed by atoms with Gasteiger partial charge in [-0.2, -0.15) is 4.98 Å². The van der Waals surface area contributed by atoms with E-state index in [1.807, 2.05) is 18.2 Å². The van der Waals surface area contributed by atoms with E-state index in [0.717, 1.165) is 25.1 Å². The van der Waals surface area contributed by atoms with Crippen LogP contribution in [0, 0.1) is 4.77 Å². The van der Waals surface area contributed by atoms with Crippen molar-refractivity contribution < 1.29 is 0 Å². The monoisotopic (exact) mass is 246 g/mol. The molecule has 0 aliphatic rings. The van der Waals surface area contributed by atoms with Crippen molar-refractivity contribution in [2.45, 2.75) is 19.3 Å². The number of rotatable bonds is 4. The van der Waals surface area contributed by atoms with Gasteiger partial charge in [0.05, 0.1) is 0 Å². The molecule has 0 aliphatic heterocycles. The molecule has 0 spiro atoms. The van der Waals surface area contributed by atoms with Gasteiger partial charge in [0.1, 0.15) is 5.82 Å². The lowest BCUT2D eigenvalue weighted by Gasteiger charge is -2.02. The van der Waals surface area contributed by atoms with Gasteiger partial charge in [-0.05, 0) is 30.6 Å². The van der Waals surface area contributed by atoms with Gasteiger partial charge in [0.25, 0.3) is 0 Å². The lowest BCUT2D eigenvalue weighted by molar-refractivity contribution is 0.761. The van der Waals surface area contributed by atoms with Gasteiger partial charge in [-0.1, -0.05) is 30.3 Å². The van der Waals surface area contributed by atoms with Gasteiger partial charge in [-0.3, -0.25) is 0 Å². The number of aromatic amines is 1. The molecule has 88 valence electrons. The van der Waals surface area contributed by atoms with E-state index in [9.17, 15) is 0 Å². The normalized spacial score (nSPS) is 10.4. The van der Waals surface area contributed by atoms with Crippen LogP contribution in [0.3, 0.4) is 0 Å². The number of nitrogens with one attached hydrogen (secondary N) is 1. The van der Waals surface area contributed by atoms with Crippen molar-refractivity contribution >= 4 is 18.2 Å². The van der Waals surface area contributed by atoms with Crippen LogP contribution < -0.4 is 5.73 Å². The SMILES string of the molecule is Nc1nc(=S)nc(CCCc2ccccc2)[nH]1. The van der Waals surface area contributed by atoms with Crippen LogP contribution in [-0.2, 0) is 12.8 Å². The summed E-state index contributed by atoms with van der Waals surface area (Å²) < 4.78 is 0.302. The number of anilines is 1. The molecule has 17 heavy (non-hydrogen) atoms. The van der Waals surface area contributed by atoms with Crippen LogP contribution >= 0.6 is 12.2 Å². The highest BCUT2D eigenvalue weighted by Crippen LogP contribution is 2.05. The molecule has 2 rings (SSSR count). The predicted molar refractivity (Wildman–Crippen MR) is 70.1 cm³/mol. The molecule has 0 amide bonds. The van der Waals surface area contributed by atoms with Crippen LogP contribution in [0.15, 0.2) is 30.3 Å². The van der Waals surface area contributed by atoms with Crippen molar-refractivity contribution in [3.8, 4) is 0 Å². The van der Waals surface area contributed by atoms with E-state index in [0.29, 0.717) is 10.7 Å².